The lowest BCUT2D eigenvalue weighted by Crippen LogP contribution is -2.64. The zero-order valence-corrected chi connectivity index (χ0v) is 7.76. The van der Waals surface area contributed by atoms with Gasteiger partial charge in [-0.15, -0.1) is 0 Å². The molecule has 72 valence electrons. The highest BCUT2D eigenvalue weighted by Crippen LogP contribution is 2.06. The summed E-state index contributed by atoms with van der Waals surface area (Å²) in [6.07, 6.45) is 0. The van der Waals surface area contributed by atoms with Gasteiger partial charge in [-0.25, -0.2) is 0 Å². The van der Waals surface area contributed by atoms with Crippen LogP contribution in [-0.2, 0) is 9.53 Å². The number of nitrogens with one attached hydrogen (secondary N) is 3. The first-order chi connectivity index (χ1) is 5.48. The molecule has 0 unspecified atom stereocenters. The third-order valence-corrected chi connectivity index (χ3v) is 1.44. The predicted molar refractivity (Wildman–Crippen MR) is 44.7 cm³/mol. The first-order valence-corrected chi connectivity index (χ1v) is 3.51. The molecule has 12 heavy (non-hydrogen) atoms. The largest absolute Gasteiger partial charge is 0.604 e. The van der Waals surface area contributed by atoms with E-state index in [0.29, 0.717) is 0 Å². The molecule has 0 fully saturated rings. The summed E-state index contributed by atoms with van der Waals surface area (Å²) >= 11 is 0. The zero-order valence-electron chi connectivity index (χ0n) is 7.76. The molecule has 0 aliphatic heterocycles. The van der Waals surface area contributed by atoms with Gasteiger partial charge in [-0.2, -0.15) is 0 Å². The maximum Gasteiger partial charge on any atom is 0.306 e. The zero-order chi connectivity index (χ0) is 9.78. The van der Waals surface area contributed by atoms with Crippen molar-refractivity contribution in [2.24, 2.45) is 0 Å². The number of nitrogens with zero attached hydrogens (tertiary/aromatic N) is 1. The summed E-state index contributed by atoms with van der Waals surface area (Å²) in [5.41, 5.74) is 0. The Hall–Kier alpha value is -0.690. The molecule has 0 aromatic carbocycles. The number of hydrogen-bond acceptors (Lipinski definition) is 5. The van der Waals surface area contributed by atoms with Gasteiger partial charge in [-0.05, 0) is 21.1 Å². The topological polar surface area (TPSA) is 77.4 Å². The lowest BCUT2D eigenvalue weighted by Gasteiger charge is -2.42. The van der Waals surface area contributed by atoms with E-state index < -0.39 is 11.9 Å². The Balaban J connectivity index is 4.46. The van der Waals surface area contributed by atoms with Crippen LogP contribution in [0.1, 0.15) is 6.92 Å². The first-order valence-electron chi connectivity index (χ1n) is 3.51. The van der Waals surface area contributed by atoms with E-state index in [1.54, 1.807) is 14.1 Å². The molecule has 0 atom stereocenters. The summed E-state index contributed by atoms with van der Waals surface area (Å²) < 4.78 is 4.88. The standard InChI is InChI=1S/C6H15N4O2/c1-5(11)12-6(8-2,9-3)10(4)7/h7-9H,1-4H3/q-1. The molecule has 0 saturated heterocycles. The van der Waals surface area contributed by atoms with Crippen molar-refractivity contribution in [1.29, 1.82) is 0 Å². The van der Waals surface area contributed by atoms with Gasteiger partial charge in [0.1, 0.15) is 0 Å². The van der Waals surface area contributed by atoms with Crippen molar-refractivity contribution in [3.05, 3.63) is 5.84 Å². The molecule has 0 aromatic rings. The van der Waals surface area contributed by atoms with Gasteiger partial charge in [0.25, 0.3) is 5.97 Å². The molecule has 3 N–H and O–H groups in total. The highest BCUT2D eigenvalue weighted by atomic mass is 16.6. The molecule has 6 nitrogen and oxygen atoms in total. The van der Waals surface area contributed by atoms with Gasteiger partial charge in [0.15, 0.2) is 0 Å². The fourth-order valence-corrected chi connectivity index (χ4v) is 0.839. The summed E-state index contributed by atoms with van der Waals surface area (Å²) in [6.45, 7) is 1.28. The van der Waals surface area contributed by atoms with Gasteiger partial charge >= 0.3 is 5.97 Å². The van der Waals surface area contributed by atoms with Crippen molar-refractivity contribution < 1.29 is 9.53 Å². The van der Waals surface area contributed by atoms with E-state index in [2.05, 4.69) is 10.6 Å². The minimum Gasteiger partial charge on any atom is -0.604 e. The second-order valence-electron chi connectivity index (χ2n) is 2.30. The van der Waals surface area contributed by atoms with Gasteiger partial charge in [0.2, 0.25) is 0 Å². The predicted octanol–water partition coefficient (Wildman–Crippen LogP) is -0.501. The molecular formula is C6H15N4O2-. The minimum absolute atomic E-state index is 0.460. The van der Waals surface area contributed by atoms with E-state index >= 15 is 0 Å². The van der Waals surface area contributed by atoms with Crippen LogP contribution in [0.2, 0.25) is 0 Å². The molecule has 0 aliphatic carbocycles. The molecular weight excluding hydrogens is 160 g/mol. The van der Waals surface area contributed by atoms with E-state index in [0.717, 1.165) is 5.01 Å². The molecule has 0 heterocycles. The second-order valence-corrected chi connectivity index (χ2v) is 2.30. The van der Waals surface area contributed by atoms with Crippen molar-refractivity contribution >= 4 is 5.97 Å². The van der Waals surface area contributed by atoms with E-state index in [9.17, 15) is 4.79 Å². The molecule has 0 amide bonds. The van der Waals surface area contributed by atoms with E-state index in [1.165, 1.54) is 14.0 Å². The van der Waals surface area contributed by atoms with Crippen LogP contribution >= 0.6 is 0 Å². The Morgan fingerprint density at radius 3 is 2.00 bits per heavy atom. The molecule has 0 radical (unpaired) electrons. The summed E-state index contributed by atoms with van der Waals surface area (Å²) in [7, 11) is 4.64. The van der Waals surface area contributed by atoms with Gasteiger partial charge < -0.3 is 15.6 Å². The van der Waals surface area contributed by atoms with Crippen LogP contribution in [0.15, 0.2) is 0 Å². The van der Waals surface area contributed by atoms with Gasteiger partial charge in [0.05, 0.1) is 0 Å². The molecule has 6 heteroatoms. The van der Waals surface area contributed by atoms with Crippen molar-refractivity contribution in [3.63, 3.8) is 0 Å². The van der Waals surface area contributed by atoms with Crippen molar-refractivity contribution in [1.82, 2.24) is 15.6 Å². The average Bonchev–Trinajstić information content (AvgIpc) is 1.99. The number of ether oxygens (including phenoxy) is 1. The Labute approximate surface area is 72.0 Å². The van der Waals surface area contributed by atoms with E-state index in [-0.39, 0.29) is 0 Å². The SMILES string of the molecule is CNC(NC)(OC(C)=O)N(C)[NH-]. The van der Waals surface area contributed by atoms with Crippen LogP contribution in [0.5, 0.6) is 0 Å². The van der Waals surface area contributed by atoms with Crippen molar-refractivity contribution in [2.45, 2.75) is 12.9 Å². The van der Waals surface area contributed by atoms with Crippen LogP contribution in [0.25, 0.3) is 5.84 Å². The summed E-state index contributed by atoms with van der Waals surface area (Å²) in [5, 5.41) is 6.34. The molecule has 0 bridgehead atoms. The van der Waals surface area contributed by atoms with Gasteiger partial charge in [0, 0.05) is 6.92 Å². The van der Waals surface area contributed by atoms with Crippen LogP contribution in [0.4, 0.5) is 0 Å². The molecule has 0 rings (SSSR count). The summed E-state index contributed by atoms with van der Waals surface area (Å²) in [5.74, 6) is 5.60. The smallest absolute Gasteiger partial charge is 0.306 e. The lowest BCUT2D eigenvalue weighted by molar-refractivity contribution is -0.189. The number of rotatable bonds is 4. The highest BCUT2D eigenvalue weighted by Gasteiger charge is 2.28. The van der Waals surface area contributed by atoms with Crippen LogP contribution < -0.4 is 10.6 Å². The molecule has 0 spiro atoms. The Morgan fingerprint density at radius 2 is 1.92 bits per heavy atom. The van der Waals surface area contributed by atoms with E-state index in [1.807, 2.05) is 0 Å². The molecule has 0 aromatic heterocycles. The lowest BCUT2D eigenvalue weighted by atomic mass is 10.6. The third-order valence-electron chi connectivity index (χ3n) is 1.44. The van der Waals surface area contributed by atoms with E-state index in [4.69, 9.17) is 10.6 Å². The number of carbonyl (C=O) groups excluding carboxylic acids is 1. The molecule has 0 saturated carbocycles. The number of esters is 1. The second kappa shape index (κ2) is 4.36. The van der Waals surface area contributed by atoms with Gasteiger partial charge in [-0.1, -0.05) is 0 Å². The highest BCUT2D eigenvalue weighted by molar-refractivity contribution is 5.66. The van der Waals surface area contributed by atoms with Crippen LogP contribution in [0, 0.1) is 0 Å². The summed E-state index contributed by atoms with van der Waals surface area (Å²) in [4.78, 5) is 10.7. The summed E-state index contributed by atoms with van der Waals surface area (Å²) in [6, 6.07) is 0. The number of carbonyl (C=O) groups is 1. The van der Waals surface area contributed by atoms with Crippen LogP contribution in [-0.4, -0.2) is 38.1 Å². The minimum atomic E-state index is -1.24. The Kier molecular flexibility index (Phi) is 4.11. The molecule has 0 aliphatic rings. The Morgan fingerprint density at radius 1 is 1.50 bits per heavy atom. The number of hydrogen-bond donors (Lipinski definition) is 2. The normalized spacial score (nSPS) is 11.8. The average molecular weight is 175 g/mol. The fourth-order valence-electron chi connectivity index (χ4n) is 0.839. The monoisotopic (exact) mass is 175 g/mol. The fraction of sp³-hybridized carbons (Fsp3) is 0.833. The maximum absolute atomic E-state index is 10.7. The quantitative estimate of drug-likeness (QED) is 0.342. The Bertz CT molecular complexity index is 156. The van der Waals surface area contributed by atoms with Crippen molar-refractivity contribution in [3.8, 4) is 0 Å². The van der Waals surface area contributed by atoms with Gasteiger partial charge in [-0.3, -0.25) is 15.4 Å². The van der Waals surface area contributed by atoms with Crippen LogP contribution in [0.3, 0.4) is 0 Å². The third kappa shape index (κ3) is 2.42. The maximum atomic E-state index is 10.7. The first kappa shape index (κ1) is 11.3. The van der Waals surface area contributed by atoms with Crippen molar-refractivity contribution in [2.75, 3.05) is 21.1 Å².